The van der Waals surface area contributed by atoms with Crippen molar-refractivity contribution >= 4 is 17.3 Å². The zero-order valence-electron chi connectivity index (χ0n) is 18.2. The number of carbonyl (C=O) groups is 1. The summed E-state index contributed by atoms with van der Waals surface area (Å²) in [4.78, 5) is 23.4. The van der Waals surface area contributed by atoms with Gasteiger partial charge in [0.2, 0.25) is 0 Å². The number of nitro groups is 1. The molecule has 166 valence electrons. The first-order chi connectivity index (χ1) is 15.4. The lowest BCUT2D eigenvalue weighted by Gasteiger charge is -2.13. The molecule has 0 aliphatic heterocycles. The van der Waals surface area contributed by atoms with E-state index in [-0.39, 0.29) is 11.6 Å². The molecule has 4 rings (SSSR count). The van der Waals surface area contributed by atoms with Gasteiger partial charge in [-0.2, -0.15) is 5.10 Å². The average molecular weight is 434 g/mol. The van der Waals surface area contributed by atoms with Crippen molar-refractivity contribution < 1.29 is 14.5 Å². The van der Waals surface area contributed by atoms with Crippen molar-refractivity contribution in [3.8, 4) is 5.75 Å². The predicted octanol–water partition coefficient (Wildman–Crippen LogP) is 5.03. The summed E-state index contributed by atoms with van der Waals surface area (Å²) in [7, 11) is 0. The fourth-order valence-corrected chi connectivity index (χ4v) is 4.06. The molecule has 0 radical (unpaired) electrons. The Morgan fingerprint density at radius 1 is 1.12 bits per heavy atom. The van der Waals surface area contributed by atoms with E-state index < -0.39 is 4.92 Å². The molecule has 32 heavy (non-hydrogen) atoms. The Labute approximate surface area is 186 Å². The monoisotopic (exact) mass is 434 g/mol. The van der Waals surface area contributed by atoms with Crippen molar-refractivity contribution in [2.45, 2.75) is 52.2 Å². The van der Waals surface area contributed by atoms with Crippen molar-refractivity contribution in [3.63, 3.8) is 0 Å². The van der Waals surface area contributed by atoms with Crippen LogP contribution in [0.3, 0.4) is 0 Å². The summed E-state index contributed by atoms with van der Waals surface area (Å²) in [5, 5.41) is 18.3. The van der Waals surface area contributed by atoms with Crippen molar-refractivity contribution in [1.29, 1.82) is 0 Å². The molecule has 1 fully saturated rings. The third-order valence-electron chi connectivity index (χ3n) is 5.79. The molecular formula is C24H26N4O4. The molecule has 0 spiro atoms. The number of amides is 1. The number of rotatable bonds is 7. The summed E-state index contributed by atoms with van der Waals surface area (Å²) in [6.45, 7) is 3.71. The number of aromatic nitrogens is 2. The van der Waals surface area contributed by atoms with Gasteiger partial charge in [0.15, 0.2) is 0 Å². The molecular weight excluding hydrogens is 408 g/mol. The summed E-state index contributed by atoms with van der Waals surface area (Å²) in [6, 6.07) is 14.6. The maximum absolute atomic E-state index is 12.6. The fraction of sp³-hybridized carbons (Fsp3) is 0.333. The minimum absolute atomic E-state index is 0.0423. The summed E-state index contributed by atoms with van der Waals surface area (Å²) in [5.41, 5.74) is 3.07. The zero-order valence-corrected chi connectivity index (χ0v) is 18.2. The number of aryl methyl sites for hydroxylation is 1. The van der Waals surface area contributed by atoms with Crippen LogP contribution >= 0.6 is 0 Å². The lowest BCUT2D eigenvalue weighted by Crippen LogP contribution is -2.13. The van der Waals surface area contributed by atoms with Gasteiger partial charge in [0.25, 0.3) is 5.91 Å². The van der Waals surface area contributed by atoms with Crippen LogP contribution in [0.25, 0.3) is 0 Å². The standard InChI is InChI=1S/C24H26N4O4/c1-16-23(28(30)31)17(2)27(26-16)15-18-7-9-19(10-8-18)24(29)25-20-11-13-22(14-12-20)32-21-5-3-4-6-21/h7-14,21H,3-6,15H2,1-2H3,(H,25,29). The molecule has 0 saturated heterocycles. The van der Waals surface area contributed by atoms with E-state index in [4.69, 9.17) is 4.74 Å². The highest BCUT2D eigenvalue weighted by Gasteiger charge is 2.21. The number of hydrogen-bond acceptors (Lipinski definition) is 5. The molecule has 1 N–H and O–H groups in total. The van der Waals surface area contributed by atoms with E-state index >= 15 is 0 Å². The van der Waals surface area contributed by atoms with E-state index in [0.29, 0.717) is 35.3 Å². The van der Waals surface area contributed by atoms with E-state index in [1.807, 2.05) is 36.4 Å². The molecule has 2 aromatic carbocycles. The smallest absolute Gasteiger partial charge is 0.312 e. The third kappa shape index (κ3) is 4.80. The van der Waals surface area contributed by atoms with Gasteiger partial charge in [-0.15, -0.1) is 0 Å². The van der Waals surface area contributed by atoms with E-state index in [0.717, 1.165) is 24.2 Å². The maximum Gasteiger partial charge on any atom is 0.312 e. The van der Waals surface area contributed by atoms with Crippen LogP contribution in [0.1, 0.15) is 53.0 Å². The number of anilines is 1. The zero-order chi connectivity index (χ0) is 22.7. The Morgan fingerprint density at radius 2 is 1.78 bits per heavy atom. The van der Waals surface area contributed by atoms with Crippen molar-refractivity contribution in [3.05, 3.63) is 81.2 Å². The second-order valence-corrected chi connectivity index (χ2v) is 8.13. The van der Waals surface area contributed by atoms with E-state index in [1.54, 1.807) is 30.7 Å². The number of hydrogen-bond donors (Lipinski definition) is 1. The molecule has 0 unspecified atom stereocenters. The van der Waals surface area contributed by atoms with Crippen molar-refractivity contribution in [2.24, 2.45) is 0 Å². The second-order valence-electron chi connectivity index (χ2n) is 8.13. The van der Waals surface area contributed by atoms with Crippen molar-refractivity contribution in [2.75, 3.05) is 5.32 Å². The summed E-state index contributed by atoms with van der Waals surface area (Å²) >= 11 is 0. The summed E-state index contributed by atoms with van der Waals surface area (Å²) in [6.07, 6.45) is 4.95. The van der Waals surface area contributed by atoms with Gasteiger partial charge in [0.1, 0.15) is 17.1 Å². The minimum atomic E-state index is -0.408. The molecule has 3 aromatic rings. The molecule has 1 saturated carbocycles. The quantitative estimate of drug-likeness (QED) is 0.415. The SMILES string of the molecule is Cc1nn(Cc2ccc(C(=O)Nc3ccc(OC4CCCC4)cc3)cc2)c(C)c1[N+](=O)[O-]. The second kappa shape index (κ2) is 9.21. The van der Waals surface area contributed by atoms with Gasteiger partial charge in [0.05, 0.1) is 17.6 Å². The van der Waals surface area contributed by atoms with Crippen LogP contribution in [0, 0.1) is 24.0 Å². The Bertz CT molecular complexity index is 1110. The fourth-order valence-electron chi connectivity index (χ4n) is 4.06. The summed E-state index contributed by atoms with van der Waals surface area (Å²) < 4.78 is 7.56. The molecule has 1 aromatic heterocycles. The Kier molecular flexibility index (Phi) is 6.20. The number of nitrogens with one attached hydrogen (secondary N) is 1. The van der Waals surface area contributed by atoms with Crippen LogP contribution in [0.15, 0.2) is 48.5 Å². The van der Waals surface area contributed by atoms with Crippen molar-refractivity contribution in [1.82, 2.24) is 9.78 Å². The minimum Gasteiger partial charge on any atom is -0.490 e. The highest BCUT2D eigenvalue weighted by atomic mass is 16.6. The van der Waals surface area contributed by atoms with Gasteiger partial charge in [-0.05, 0) is 81.5 Å². The first-order valence-electron chi connectivity index (χ1n) is 10.8. The highest BCUT2D eigenvalue weighted by molar-refractivity contribution is 6.04. The van der Waals surface area contributed by atoms with E-state index in [2.05, 4.69) is 10.4 Å². The van der Waals surface area contributed by atoms with Gasteiger partial charge in [-0.3, -0.25) is 19.6 Å². The van der Waals surface area contributed by atoms with Gasteiger partial charge in [-0.25, -0.2) is 0 Å². The van der Waals surface area contributed by atoms with Crippen LogP contribution in [-0.4, -0.2) is 26.7 Å². The maximum atomic E-state index is 12.6. The molecule has 8 heteroatoms. The van der Waals surface area contributed by atoms with Crippen LogP contribution in [-0.2, 0) is 6.54 Å². The normalized spacial score (nSPS) is 13.8. The predicted molar refractivity (Wildman–Crippen MR) is 121 cm³/mol. The van der Waals surface area contributed by atoms with E-state index in [9.17, 15) is 14.9 Å². The molecule has 1 aliphatic rings. The van der Waals surface area contributed by atoms with Crippen LogP contribution in [0.5, 0.6) is 5.75 Å². The lowest BCUT2D eigenvalue weighted by atomic mass is 10.1. The number of nitrogens with zero attached hydrogens (tertiary/aromatic N) is 3. The Hall–Kier alpha value is -3.68. The van der Waals surface area contributed by atoms with Gasteiger partial charge in [0, 0.05) is 11.3 Å². The van der Waals surface area contributed by atoms with E-state index in [1.165, 1.54) is 12.8 Å². The van der Waals surface area contributed by atoms with Crippen LogP contribution < -0.4 is 10.1 Å². The molecule has 0 bridgehead atoms. The molecule has 0 atom stereocenters. The van der Waals surface area contributed by atoms with Gasteiger partial charge >= 0.3 is 5.69 Å². The molecule has 1 amide bonds. The molecule has 1 heterocycles. The topological polar surface area (TPSA) is 99.3 Å². The van der Waals surface area contributed by atoms with Crippen LogP contribution in [0.2, 0.25) is 0 Å². The van der Waals surface area contributed by atoms with Gasteiger partial charge < -0.3 is 10.1 Å². The highest BCUT2D eigenvalue weighted by Crippen LogP contribution is 2.25. The number of benzene rings is 2. The molecule has 8 nitrogen and oxygen atoms in total. The number of carbonyl (C=O) groups excluding carboxylic acids is 1. The van der Waals surface area contributed by atoms with Gasteiger partial charge in [-0.1, -0.05) is 12.1 Å². The summed E-state index contributed by atoms with van der Waals surface area (Å²) in [5.74, 6) is 0.617. The first-order valence-corrected chi connectivity index (χ1v) is 10.8. The average Bonchev–Trinajstić information content (AvgIpc) is 3.37. The van der Waals surface area contributed by atoms with Crippen LogP contribution in [0.4, 0.5) is 11.4 Å². The Morgan fingerprint density at radius 3 is 2.38 bits per heavy atom. The Balaban J connectivity index is 1.37. The lowest BCUT2D eigenvalue weighted by molar-refractivity contribution is -0.386. The first kappa shape index (κ1) is 21.5. The third-order valence-corrected chi connectivity index (χ3v) is 5.79. The largest absolute Gasteiger partial charge is 0.490 e. The number of ether oxygens (including phenoxy) is 1. The molecule has 1 aliphatic carbocycles.